The van der Waals surface area contributed by atoms with Gasteiger partial charge in [0.2, 0.25) is 5.91 Å². The number of carbonyl (C=O) groups excluding carboxylic acids is 2. The van der Waals surface area contributed by atoms with Crippen molar-refractivity contribution in [2.45, 2.75) is 27.7 Å². The maximum absolute atomic E-state index is 12.1. The van der Waals surface area contributed by atoms with E-state index in [-0.39, 0.29) is 11.7 Å². The predicted molar refractivity (Wildman–Crippen MR) is 92.9 cm³/mol. The molecule has 0 spiro atoms. The molecule has 1 heterocycles. The maximum atomic E-state index is 12.1. The third-order valence-electron chi connectivity index (χ3n) is 3.29. The average molecular weight is 327 g/mol. The van der Waals surface area contributed by atoms with Gasteiger partial charge < -0.3 is 9.73 Å². The number of anilines is 1. The van der Waals surface area contributed by atoms with Gasteiger partial charge in [-0.2, -0.15) is 5.10 Å². The standard InChI is InChI=1S/C18H21N3O3/c1-12(20-21-16(22)15-9-6-10-24-15)13-7-5-8-14(11-13)19-17(23)18(2,3)4/h5-11H,1-4H3,(H,19,23)(H,21,22). The minimum Gasteiger partial charge on any atom is -0.459 e. The number of amides is 2. The fourth-order valence-corrected chi connectivity index (χ4v) is 1.80. The van der Waals surface area contributed by atoms with Crippen LogP contribution in [0, 0.1) is 5.41 Å². The van der Waals surface area contributed by atoms with Crippen molar-refractivity contribution in [1.29, 1.82) is 0 Å². The smallest absolute Gasteiger partial charge is 0.307 e. The van der Waals surface area contributed by atoms with Crippen LogP contribution in [0.5, 0.6) is 0 Å². The Morgan fingerprint density at radius 3 is 2.50 bits per heavy atom. The molecule has 6 nitrogen and oxygen atoms in total. The molecule has 0 radical (unpaired) electrons. The van der Waals surface area contributed by atoms with Crippen LogP contribution in [-0.4, -0.2) is 17.5 Å². The quantitative estimate of drug-likeness (QED) is 0.666. The molecule has 1 aromatic carbocycles. The van der Waals surface area contributed by atoms with Gasteiger partial charge >= 0.3 is 5.91 Å². The highest BCUT2D eigenvalue weighted by Gasteiger charge is 2.21. The third-order valence-corrected chi connectivity index (χ3v) is 3.29. The Balaban J connectivity index is 2.08. The first-order chi connectivity index (χ1) is 11.3. The first-order valence-electron chi connectivity index (χ1n) is 7.57. The number of furan rings is 1. The van der Waals surface area contributed by atoms with Gasteiger partial charge in [-0.25, -0.2) is 5.43 Å². The summed E-state index contributed by atoms with van der Waals surface area (Å²) in [6.45, 7) is 7.32. The molecule has 0 aliphatic carbocycles. The Kier molecular flexibility index (Phi) is 5.18. The second kappa shape index (κ2) is 7.12. The lowest BCUT2D eigenvalue weighted by molar-refractivity contribution is -0.123. The van der Waals surface area contributed by atoms with Crippen molar-refractivity contribution < 1.29 is 14.0 Å². The Morgan fingerprint density at radius 1 is 1.12 bits per heavy atom. The summed E-state index contributed by atoms with van der Waals surface area (Å²) < 4.78 is 5.00. The van der Waals surface area contributed by atoms with Gasteiger partial charge in [0, 0.05) is 11.1 Å². The molecule has 6 heteroatoms. The molecule has 0 saturated heterocycles. The molecule has 0 saturated carbocycles. The van der Waals surface area contributed by atoms with E-state index in [0.717, 1.165) is 5.56 Å². The number of hydrogen-bond acceptors (Lipinski definition) is 4. The Morgan fingerprint density at radius 2 is 1.88 bits per heavy atom. The van der Waals surface area contributed by atoms with E-state index in [1.54, 1.807) is 19.1 Å². The molecule has 2 rings (SSSR count). The van der Waals surface area contributed by atoms with Crippen molar-refractivity contribution in [3.63, 3.8) is 0 Å². The molecule has 24 heavy (non-hydrogen) atoms. The first-order valence-corrected chi connectivity index (χ1v) is 7.57. The second-order valence-electron chi connectivity index (χ2n) is 6.40. The van der Waals surface area contributed by atoms with E-state index in [1.807, 2.05) is 45.0 Å². The molecular formula is C18H21N3O3. The summed E-state index contributed by atoms with van der Waals surface area (Å²) in [5, 5.41) is 6.93. The lowest BCUT2D eigenvalue weighted by atomic mass is 9.95. The molecule has 0 aliphatic heterocycles. The highest BCUT2D eigenvalue weighted by atomic mass is 16.3. The highest BCUT2D eigenvalue weighted by Crippen LogP contribution is 2.18. The molecule has 0 bridgehead atoms. The fraction of sp³-hybridized carbons (Fsp3) is 0.278. The lowest BCUT2D eigenvalue weighted by Gasteiger charge is -2.18. The Labute approximate surface area is 140 Å². The van der Waals surface area contributed by atoms with E-state index in [1.165, 1.54) is 6.26 Å². The number of nitrogens with one attached hydrogen (secondary N) is 2. The van der Waals surface area contributed by atoms with E-state index in [9.17, 15) is 9.59 Å². The zero-order chi connectivity index (χ0) is 17.7. The SMILES string of the molecule is CC(=NNC(=O)c1ccco1)c1cccc(NC(=O)C(C)(C)C)c1. The van der Waals surface area contributed by atoms with E-state index in [4.69, 9.17) is 4.42 Å². The van der Waals surface area contributed by atoms with Crippen LogP contribution in [0.3, 0.4) is 0 Å². The number of hydrogen-bond donors (Lipinski definition) is 2. The molecule has 0 fully saturated rings. The van der Waals surface area contributed by atoms with Crippen molar-refractivity contribution in [2.24, 2.45) is 10.5 Å². The summed E-state index contributed by atoms with van der Waals surface area (Å²) in [5.74, 6) is -0.297. The van der Waals surface area contributed by atoms with Crippen molar-refractivity contribution in [3.05, 3.63) is 54.0 Å². The van der Waals surface area contributed by atoms with Crippen molar-refractivity contribution >= 4 is 23.2 Å². The topological polar surface area (TPSA) is 83.7 Å². The molecule has 2 N–H and O–H groups in total. The van der Waals surface area contributed by atoms with Gasteiger partial charge in [-0.1, -0.05) is 32.9 Å². The molecule has 2 amide bonds. The van der Waals surface area contributed by atoms with Gasteiger partial charge in [-0.05, 0) is 36.8 Å². The van der Waals surface area contributed by atoms with Crippen LogP contribution in [0.2, 0.25) is 0 Å². The van der Waals surface area contributed by atoms with E-state index >= 15 is 0 Å². The summed E-state index contributed by atoms with van der Waals surface area (Å²) in [6, 6.07) is 10.5. The van der Waals surface area contributed by atoms with Gasteiger partial charge in [0.15, 0.2) is 5.76 Å². The highest BCUT2D eigenvalue weighted by molar-refractivity contribution is 6.02. The summed E-state index contributed by atoms with van der Waals surface area (Å²) in [5.41, 5.74) is 4.05. The number of nitrogens with zero attached hydrogens (tertiary/aromatic N) is 1. The Hall–Kier alpha value is -2.89. The van der Waals surface area contributed by atoms with Crippen molar-refractivity contribution in [2.75, 3.05) is 5.32 Å². The minimum atomic E-state index is -0.476. The summed E-state index contributed by atoms with van der Waals surface area (Å²) in [6.07, 6.45) is 1.42. The van der Waals surface area contributed by atoms with Gasteiger partial charge in [0.05, 0.1) is 12.0 Å². The molecule has 0 aliphatic rings. The summed E-state index contributed by atoms with van der Waals surface area (Å²) in [7, 11) is 0. The summed E-state index contributed by atoms with van der Waals surface area (Å²) >= 11 is 0. The zero-order valence-electron chi connectivity index (χ0n) is 14.2. The lowest BCUT2D eigenvalue weighted by Crippen LogP contribution is -2.27. The molecule has 2 aromatic rings. The van der Waals surface area contributed by atoms with E-state index in [0.29, 0.717) is 11.4 Å². The summed E-state index contributed by atoms with van der Waals surface area (Å²) in [4.78, 5) is 23.8. The van der Waals surface area contributed by atoms with E-state index < -0.39 is 11.3 Å². The van der Waals surface area contributed by atoms with Crippen molar-refractivity contribution in [3.8, 4) is 0 Å². The molecule has 0 unspecified atom stereocenters. The van der Waals surface area contributed by atoms with Crippen LogP contribution in [0.25, 0.3) is 0 Å². The van der Waals surface area contributed by atoms with Crippen LogP contribution in [-0.2, 0) is 4.79 Å². The maximum Gasteiger partial charge on any atom is 0.307 e. The van der Waals surface area contributed by atoms with Crippen molar-refractivity contribution in [1.82, 2.24) is 5.43 Å². The normalized spacial score (nSPS) is 11.9. The molecule has 126 valence electrons. The van der Waals surface area contributed by atoms with Crippen LogP contribution in [0.4, 0.5) is 5.69 Å². The molecule has 0 atom stereocenters. The number of rotatable bonds is 4. The Bertz CT molecular complexity index is 756. The first kappa shape index (κ1) is 17.5. The van der Waals surface area contributed by atoms with Crippen LogP contribution in [0.1, 0.15) is 43.8 Å². The van der Waals surface area contributed by atoms with E-state index in [2.05, 4.69) is 15.8 Å². The molecule has 1 aromatic heterocycles. The number of carbonyl (C=O) groups is 2. The van der Waals surface area contributed by atoms with Gasteiger partial charge in [0.25, 0.3) is 0 Å². The largest absolute Gasteiger partial charge is 0.459 e. The average Bonchev–Trinajstić information content (AvgIpc) is 3.06. The minimum absolute atomic E-state index is 0.0691. The van der Waals surface area contributed by atoms with Gasteiger partial charge in [-0.3, -0.25) is 9.59 Å². The van der Waals surface area contributed by atoms with Crippen LogP contribution >= 0.6 is 0 Å². The second-order valence-corrected chi connectivity index (χ2v) is 6.40. The monoisotopic (exact) mass is 327 g/mol. The number of benzene rings is 1. The van der Waals surface area contributed by atoms with Gasteiger partial charge in [-0.15, -0.1) is 0 Å². The fourth-order valence-electron chi connectivity index (χ4n) is 1.80. The van der Waals surface area contributed by atoms with Crippen LogP contribution < -0.4 is 10.7 Å². The zero-order valence-corrected chi connectivity index (χ0v) is 14.2. The predicted octanol–water partition coefficient (Wildman–Crippen LogP) is 3.42. The number of hydrazone groups is 1. The van der Waals surface area contributed by atoms with Gasteiger partial charge in [0.1, 0.15) is 0 Å². The third kappa shape index (κ3) is 4.55. The molecular weight excluding hydrogens is 306 g/mol. The van der Waals surface area contributed by atoms with Crippen LogP contribution in [0.15, 0.2) is 52.2 Å².